The summed E-state index contributed by atoms with van der Waals surface area (Å²) in [4.78, 5) is 40.2. The molecular weight excluding hydrogens is 456 g/mol. The van der Waals surface area contributed by atoms with Gasteiger partial charge in [0.25, 0.3) is 5.91 Å². The number of rotatable bonds is 10. The number of amides is 2. The Bertz CT molecular complexity index is 912. The van der Waals surface area contributed by atoms with E-state index in [9.17, 15) is 24.6 Å². The average molecular weight is 493 g/mol. The Hall–Kier alpha value is -3.50. The fourth-order valence-corrected chi connectivity index (χ4v) is 3.13. The van der Waals surface area contributed by atoms with Crippen LogP contribution in [0.15, 0.2) is 23.2 Å². The number of aromatic hydroxyl groups is 1. The number of phenolic OH excluding ortho intramolecular Hbond substituents is 1. The van der Waals surface area contributed by atoms with Crippen molar-refractivity contribution in [2.24, 2.45) is 10.4 Å². The molecule has 1 unspecified atom stereocenters. The van der Waals surface area contributed by atoms with E-state index in [0.29, 0.717) is 18.9 Å². The van der Waals surface area contributed by atoms with Gasteiger partial charge in [0.15, 0.2) is 0 Å². The zero-order valence-electron chi connectivity index (χ0n) is 20.6. The van der Waals surface area contributed by atoms with Crippen molar-refractivity contribution in [2.45, 2.75) is 52.5 Å². The van der Waals surface area contributed by atoms with Crippen LogP contribution in [0, 0.1) is 5.41 Å². The molecule has 0 fully saturated rings. The van der Waals surface area contributed by atoms with Gasteiger partial charge < -0.3 is 35.6 Å². The molecule has 5 N–H and O–H groups in total. The van der Waals surface area contributed by atoms with E-state index in [-0.39, 0.29) is 23.3 Å². The third-order valence-corrected chi connectivity index (χ3v) is 4.98. The van der Waals surface area contributed by atoms with E-state index in [1.807, 2.05) is 20.8 Å². The van der Waals surface area contributed by atoms with Crippen molar-refractivity contribution in [3.05, 3.63) is 23.8 Å². The zero-order chi connectivity index (χ0) is 25.8. The summed E-state index contributed by atoms with van der Waals surface area (Å²) in [6, 6.07) is 2.83. The molecule has 1 aromatic rings. The van der Waals surface area contributed by atoms with E-state index < -0.39 is 30.6 Å². The topological polar surface area (TPSA) is 159 Å². The Morgan fingerprint density at radius 2 is 1.94 bits per heavy atom. The van der Waals surface area contributed by atoms with Crippen LogP contribution in [0.5, 0.6) is 11.5 Å². The number of alkyl carbamates (subject to hydrolysis) is 1. The first-order valence-corrected chi connectivity index (χ1v) is 11.7. The zero-order valence-corrected chi connectivity index (χ0v) is 20.6. The molecule has 11 nitrogen and oxygen atoms in total. The number of hydrogen-bond donors (Lipinski definition) is 5. The van der Waals surface area contributed by atoms with Gasteiger partial charge in [-0.05, 0) is 30.4 Å². The molecular formula is C24H36N4O7. The number of benzene rings is 1. The number of aliphatic carboxylic acids is 1. The van der Waals surface area contributed by atoms with Crippen LogP contribution in [0.4, 0.5) is 4.79 Å². The second kappa shape index (κ2) is 13.4. The summed E-state index contributed by atoms with van der Waals surface area (Å²) in [5.41, 5.74) is -0.333. The van der Waals surface area contributed by atoms with Gasteiger partial charge in [-0.1, -0.05) is 27.2 Å². The summed E-state index contributed by atoms with van der Waals surface area (Å²) in [5, 5.41) is 27.4. The molecule has 0 spiro atoms. The van der Waals surface area contributed by atoms with Crippen molar-refractivity contribution in [2.75, 3.05) is 32.8 Å². The van der Waals surface area contributed by atoms with Gasteiger partial charge in [0.2, 0.25) is 0 Å². The molecule has 0 aromatic heterocycles. The molecule has 1 atom stereocenters. The molecule has 0 saturated carbocycles. The summed E-state index contributed by atoms with van der Waals surface area (Å²) in [6.07, 6.45) is 3.45. The monoisotopic (exact) mass is 492 g/mol. The first-order valence-electron chi connectivity index (χ1n) is 11.7. The fourth-order valence-electron chi connectivity index (χ4n) is 3.13. The third-order valence-electron chi connectivity index (χ3n) is 4.98. The lowest BCUT2D eigenvalue weighted by atomic mass is 9.99. The van der Waals surface area contributed by atoms with Gasteiger partial charge in [0.05, 0.1) is 24.6 Å². The van der Waals surface area contributed by atoms with E-state index in [1.165, 1.54) is 24.6 Å². The van der Waals surface area contributed by atoms with Gasteiger partial charge in [0, 0.05) is 25.6 Å². The first-order chi connectivity index (χ1) is 16.5. The van der Waals surface area contributed by atoms with Crippen LogP contribution in [0.3, 0.4) is 0 Å². The number of nitrogens with zero attached hydrogens (tertiary/aromatic N) is 1. The fraction of sp³-hybridized carbons (Fsp3) is 0.583. The molecule has 1 aromatic carbocycles. The molecule has 2 amide bonds. The van der Waals surface area contributed by atoms with Crippen LogP contribution in [0.1, 0.15) is 56.8 Å². The first kappa shape index (κ1) is 27.7. The van der Waals surface area contributed by atoms with E-state index in [4.69, 9.17) is 9.47 Å². The Morgan fingerprint density at radius 3 is 2.63 bits per heavy atom. The van der Waals surface area contributed by atoms with Crippen molar-refractivity contribution in [3.8, 4) is 11.5 Å². The van der Waals surface area contributed by atoms with Crippen molar-refractivity contribution >= 4 is 23.8 Å². The number of nitrogens with one attached hydrogen (secondary N) is 3. The number of amidine groups is 1. The number of carboxylic acid groups (broad SMARTS) is 1. The highest BCUT2D eigenvalue weighted by atomic mass is 16.5. The van der Waals surface area contributed by atoms with Crippen LogP contribution in [-0.4, -0.2) is 72.9 Å². The van der Waals surface area contributed by atoms with Crippen LogP contribution in [-0.2, 0) is 9.53 Å². The molecule has 0 bridgehead atoms. The lowest BCUT2D eigenvalue weighted by Crippen LogP contribution is -2.48. The van der Waals surface area contributed by atoms with Crippen LogP contribution < -0.4 is 20.7 Å². The number of hydrogen-bond acceptors (Lipinski definition) is 8. The van der Waals surface area contributed by atoms with Gasteiger partial charge >= 0.3 is 12.1 Å². The van der Waals surface area contributed by atoms with Crippen LogP contribution in [0.25, 0.3) is 0 Å². The Labute approximate surface area is 205 Å². The number of carbonyl (C=O) groups is 3. The highest BCUT2D eigenvalue weighted by molar-refractivity contribution is 5.97. The van der Waals surface area contributed by atoms with Crippen molar-refractivity contribution < 1.29 is 34.1 Å². The summed E-state index contributed by atoms with van der Waals surface area (Å²) < 4.78 is 10.6. The quantitative estimate of drug-likeness (QED) is 0.311. The maximum atomic E-state index is 12.4. The summed E-state index contributed by atoms with van der Waals surface area (Å²) in [5.74, 6) is -0.981. The lowest BCUT2D eigenvalue weighted by Gasteiger charge is -2.20. The normalized spacial score (nSPS) is 14.7. The van der Waals surface area contributed by atoms with Gasteiger partial charge in [0.1, 0.15) is 24.1 Å². The molecule has 11 heteroatoms. The van der Waals surface area contributed by atoms with E-state index in [0.717, 1.165) is 31.6 Å². The number of carbonyl (C=O) groups excluding carboxylic acids is 2. The van der Waals surface area contributed by atoms with Gasteiger partial charge in [-0.15, -0.1) is 0 Å². The Morgan fingerprint density at radius 1 is 1.17 bits per heavy atom. The van der Waals surface area contributed by atoms with Crippen LogP contribution >= 0.6 is 0 Å². The van der Waals surface area contributed by atoms with E-state index >= 15 is 0 Å². The maximum absolute atomic E-state index is 12.4. The largest absolute Gasteiger partial charge is 0.507 e. The standard InChI is InChI=1S/C24H36N4O7/c1-24(2,3)15-35-23(33)28-18(22(31)32)14-27-21(30)17-9-8-16(13-19(17)29)34-12-11-26-20-7-5-4-6-10-25-20/h8-9,13,18,29H,4-7,10-12,14-15H2,1-3H3,(H,25,26)(H,27,30)(H,28,33)(H,31,32). The number of phenols is 1. The molecule has 0 aliphatic carbocycles. The van der Waals surface area contributed by atoms with E-state index in [1.54, 1.807) is 0 Å². The Kier molecular flexibility index (Phi) is 10.6. The highest BCUT2D eigenvalue weighted by Crippen LogP contribution is 2.23. The van der Waals surface area contributed by atoms with Gasteiger partial charge in [-0.2, -0.15) is 0 Å². The summed E-state index contributed by atoms with van der Waals surface area (Å²) in [6.45, 7) is 7.04. The summed E-state index contributed by atoms with van der Waals surface area (Å²) >= 11 is 0. The molecule has 35 heavy (non-hydrogen) atoms. The van der Waals surface area contributed by atoms with Gasteiger partial charge in [-0.25, -0.2) is 9.59 Å². The lowest BCUT2D eigenvalue weighted by molar-refractivity contribution is -0.139. The number of carboxylic acids is 1. The second-order valence-electron chi connectivity index (χ2n) is 9.48. The predicted molar refractivity (Wildman–Crippen MR) is 130 cm³/mol. The predicted octanol–water partition coefficient (Wildman–Crippen LogP) is 2.29. The molecule has 1 heterocycles. The van der Waals surface area contributed by atoms with Crippen molar-refractivity contribution in [1.29, 1.82) is 0 Å². The number of aliphatic imine (C=N–C) groups is 1. The Balaban J connectivity index is 1.81. The smallest absolute Gasteiger partial charge is 0.407 e. The van der Waals surface area contributed by atoms with Gasteiger partial charge in [-0.3, -0.25) is 9.79 Å². The minimum Gasteiger partial charge on any atom is -0.507 e. The molecule has 0 radical (unpaired) electrons. The van der Waals surface area contributed by atoms with Crippen molar-refractivity contribution in [1.82, 2.24) is 16.0 Å². The number of ether oxygens (including phenoxy) is 2. The molecule has 1 aliphatic heterocycles. The second-order valence-corrected chi connectivity index (χ2v) is 9.48. The SMILES string of the molecule is CC(C)(C)COC(=O)NC(CNC(=O)c1ccc(OCCNC2=NCCCCC2)cc1O)C(=O)O. The highest BCUT2D eigenvalue weighted by Gasteiger charge is 2.23. The molecule has 2 rings (SSSR count). The minimum atomic E-state index is -1.40. The van der Waals surface area contributed by atoms with Crippen molar-refractivity contribution in [3.63, 3.8) is 0 Å². The third kappa shape index (κ3) is 10.5. The van der Waals surface area contributed by atoms with Crippen LogP contribution in [0.2, 0.25) is 0 Å². The maximum Gasteiger partial charge on any atom is 0.407 e. The molecule has 1 aliphatic rings. The minimum absolute atomic E-state index is 0.0530. The average Bonchev–Trinajstić information content (AvgIpc) is 3.06. The van der Waals surface area contributed by atoms with E-state index in [2.05, 4.69) is 20.9 Å². The summed E-state index contributed by atoms with van der Waals surface area (Å²) in [7, 11) is 0. The molecule has 0 saturated heterocycles. The molecule has 194 valence electrons.